The minimum atomic E-state index is 0.236. The monoisotopic (exact) mass is 266 g/mol. The predicted octanol–water partition coefficient (Wildman–Crippen LogP) is 4.70. The van der Waals surface area contributed by atoms with Crippen molar-refractivity contribution >= 4 is 5.78 Å². The number of hydrogen-bond donors (Lipinski definition) is 0. The molecule has 0 unspecified atom stereocenters. The van der Waals surface area contributed by atoms with E-state index in [-0.39, 0.29) is 5.78 Å². The van der Waals surface area contributed by atoms with Crippen LogP contribution in [0.5, 0.6) is 0 Å². The summed E-state index contributed by atoms with van der Waals surface area (Å²) in [5, 5.41) is 0. The van der Waals surface area contributed by atoms with Crippen molar-refractivity contribution in [2.45, 2.75) is 33.1 Å². The van der Waals surface area contributed by atoms with Gasteiger partial charge in [-0.1, -0.05) is 62.4 Å². The molecule has 20 heavy (non-hydrogen) atoms. The van der Waals surface area contributed by atoms with Crippen LogP contribution in [0.15, 0.2) is 54.6 Å². The van der Waals surface area contributed by atoms with E-state index >= 15 is 0 Å². The number of rotatable bonds is 6. The van der Waals surface area contributed by atoms with Crippen LogP contribution in [0.3, 0.4) is 0 Å². The third-order valence-corrected chi connectivity index (χ3v) is 3.38. The summed E-state index contributed by atoms with van der Waals surface area (Å²) in [6, 6.07) is 18.3. The maximum atomic E-state index is 12.3. The first kappa shape index (κ1) is 14.5. The summed E-state index contributed by atoms with van der Waals surface area (Å²) in [6.07, 6.45) is 2.42. The average Bonchev–Trinajstić information content (AvgIpc) is 2.45. The van der Waals surface area contributed by atoms with E-state index < -0.39 is 0 Å². The van der Waals surface area contributed by atoms with Crippen LogP contribution in [0.4, 0.5) is 0 Å². The summed E-state index contributed by atoms with van der Waals surface area (Å²) in [5.74, 6) is 0.851. The van der Waals surface area contributed by atoms with Crippen molar-refractivity contribution in [1.82, 2.24) is 0 Å². The molecule has 0 amide bonds. The van der Waals surface area contributed by atoms with Gasteiger partial charge in [-0.3, -0.25) is 4.79 Å². The fourth-order valence-corrected chi connectivity index (χ4v) is 2.39. The first-order chi connectivity index (χ1) is 9.65. The minimum absolute atomic E-state index is 0.236. The maximum Gasteiger partial charge on any atom is 0.163 e. The van der Waals surface area contributed by atoms with E-state index in [1.165, 1.54) is 11.1 Å². The lowest BCUT2D eigenvalue weighted by atomic mass is 9.97. The molecule has 0 aliphatic rings. The summed E-state index contributed by atoms with van der Waals surface area (Å²) in [4.78, 5) is 12.3. The first-order valence-corrected chi connectivity index (χ1v) is 7.31. The van der Waals surface area contributed by atoms with Crippen LogP contribution in [0, 0.1) is 5.92 Å². The van der Waals surface area contributed by atoms with E-state index in [9.17, 15) is 4.79 Å². The van der Waals surface area contributed by atoms with Gasteiger partial charge in [-0.25, -0.2) is 0 Å². The molecule has 0 aliphatic heterocycles. The number of hydrogen-bond acceptors (Lipinski definition) is 1. The lowest BCUT2D eigenvalue weighted by Crippen LogP contribution is -2.03. The summed E-state index contributed by atoms with van der Waals surface area (Å²) >= 11 is 0. The molecule has 0 radical (unpaired) electrons. The highest BCUT2D eigenvalue weighted by Crippen LogP contribution is 2.13. The Kier molecular flexibility index (Phi) is 5.11. The third kappa shape index (κ3) is 4.34. The molecule has 0 atom stereocenters. The second-order valence-corrected chi connectivity index (χ2v) is 5.71. The zero-order valence-electron chi connectivity index (χ0n) is 12.3. The Bertz CT molecular complexity index is 555. The fourth-order valence-electron chi connectivity index (χ4n) is 2.39. The Hall–Kier alpha value is -1.89. The second kappa shape index (κ2) is 7.04. The molecule has 2 aromatic rings. The Labute approximate surface area is 121 Å². The number of ketones is 1. The van der Waals surface area contributed by atoms with Gasteiger partial charge < -0.3 is 0 Å². The van der Waals surface area contributed by atoms with Crippen molar-refractivity contribution in [3.05, 3.63) is 71.3 Å². The lowest BCUT2D eigenvalue weighted by Gasteiger charge is -2.07. The molecule has 104 valence electrons. The topological polar surface area (TPSA) is 17.1 Å². The Morgan fingerprint density at radius 1 is 0.950 bits per heavy atom. The van der Waals surface area contributed by atoms with Gasteiger partial charge in [0.25, 0.3) is 0 Å². The maximum absolute atomic E-state index is 12.3. The van der Waals surface area contributed by atoms with Crippen LogP contribution in [0.25, 0.3) is 0 Å². The minimum Gasteiger partial charge on any atom is -0.294 e. The van der Waals surface area contributed by atoms with Gasteiger partial charge in [0.2, 0.25) is 0 Å². The van der Waals surface area contributed by atoms with Gasteiger partial charge in [0, 0.05) is 12.0 Å². The smallest absolute Gasteiger partial charge is 0.163 e. The molecule has 0 fully saturated rings. The van der Waals surface area contributed by atoms with Crippen LogP contribution in [-0.2, 0) is 12.8 Å². The van der Waals surface area contributed by atoms with Gasteiger partial charge in [0.15, 0.2) is 5.78 Å². The molecule has 0 N–H and O–H groups in total. The second-order valence-electron chi connectivity index (χ2n) is 5.71. The highest BCUT2D eigenvalue weighted by molar-refractivity contribution is 5.96. The van der Waals surface area contributed by atoms with Gasteiger partial charge in [0.05, 0.1) is 0 Å². The number of aryl methyl sites for hydroxylation is 1. The average molecular weight is 266 g/mol. The Morgan fingerprint density at radius 2 is 1.65 bits per heavy atom. The summed E-state index contributed by atoms with van der Waals surface area (Å²) < 4.78 is 0. The molecule has 1 heteroatoms. The zero-order valence-corrected chi connectivity index (χ0v) is 12.3. The van der Waals surface area contributed by atoms with Crippen molar-refractivity contribution in [2.75, 3.05) is 0 Å². The molecular formula is C19H22O. The van der Waals surface area contributed by atoms with Gasteiger partial charge in [-0.2, -0.15) is 0 Å². The third-order valence-electron chi connectivity index (χ3n) is 3.38. The molecule has 2 rings (SSSR count). The molecule has 1 nitrogen and oxygen atoms in total. The quantitative estimate of drug-likeness (QED) is 0.693. The molecule has 0 heterocycles. The molecule has 0 saturated heterocycles. The van der Waals surface area contributed by atoms with Crippen LogP contribution in [0.1, 0.15) is 41.8 Å². The van der Waals surface area contributed by atoms with Gasteiger partial charge in [-0.15, -0.1) is 0 Å². The summed E-state index contributed by atoms with van der Waals surface area (Å²) in [5.41, 5.74) is 3.32. The number of Topliss-reactive ketones (excluding diaryl/α,β-unsaturated/α-hetero) is 1. The molecule has 2 aromatic carbocycles. The van der Waals surface area contributed by atoms with Crippen molar-refractivity contribution in [3.63, 3.8) is 0 Å². The predicted molar refractivity (Wildman–Crippen MR) is 84.1 cm³/mol. The highest BCUT2D eigenvalue weighted by atomic mass is 16.1. The number of carbonyl (C=O) groups is 1. The van der Waals surface area contributed by atoms with E-state index in [2.05, 4.69) is 32.0 Å². The van der Waals surface area contributed by atoms with Crippen LogP contribution in [-0.4, -0.2) is 5.78 Å². The zero-order chi connectivity index (χ0) is 14.4. The Balaban J connectivity index is 1.98. The van der Waals surface area contributed by atoms with Crippen LogP contribution >= 0.6 is 0 Å². The van der Waals surface area contributed by atoms with Gasteiger partial charge >= 0.3 is 0 Å². The standard InChI is InChI=1S/C19H22O/c1-15(2)13-17-9-6-10-18(14-17)19(20)12-11-16-7-4-3-5-8-16/h3-10,14-15H,11-13H2,1-2H3. The SMILES string of the molecule is CC(C)Cc1cccc(C(=O)CCc2ccccc2)c1. The van der Waals surface area contributed by atoms with Gasteiger partial charge in [-0.05, 0) is 36.0 Å². The van der Waals surface area contributed by atoms with Crippen molar-refractivity contribution < 1.29 is 4.79 Å². The summed E-state index contributed by atoms with van der Waals surface area (Å²) in [7, 11) is 0. The molecule has 0 bridgehead atoms. The largest absolute Gasteiger partial charge is 0.294 e. The molecular weight excluding hydrogens is 244 g/mol. The molecule has 0 aliphatic carbocycles. The normalized spacial score (nSPS) is 10.8. The van der Waals surface area contributed by atoms with Crippen molar-refractivity contribution in [2.24, 2.45) is 5.92 Å². The molecule has 0 saturated carbocycles. The Morgan fingerprint density at radius 3 is 2.35 bits per heavy atom. The summed E-state index contributed by atoms with van der Waals surface area (Å²) in [6.45, 7) is 4.40. The van der Waals surface area contributed by atoms with Crippen molar-refractivity contribution in [3.8, 4) is 0 Å². The van der Waals surface area contributed by atoms with E-state index in [1.807, 2.05) is 36.4 Å². The van der Waals surface area contributed by atoms with Crippen LogP contribution in [0.2, 0.25) is 0 Å². The molecule has 0 spiro atoms. The van der Waals surface area contributed by atoms with Gasteiger partial charge in [0.1, 0.15) is 0 Å². The van der Waals surface area contributed by atoms with E-state index in [1.54, 1.807) is 0 Å². The fraction of sp³-hybridized carbons (Fsp3) is 0.316. The van der Waals surface area contributed by atoms with E-state index in [4.69, 9.17) is 0 Å². The number of benzene rings is 2. The van der Waals surface area contributed by atoms with Crippen LogP contribution < -0.4 is 0 Å². The highest BCUT2D eigenvalue weighted by Gasteiger charge is 2.07. The molecule has 0 aromatic heterocycles. The number of carbonyl (C=O) groups excluding carboxylic acids is 1. The first-order valence-electron chi connectivity index (χ1n) is 7.31. The van der Waals surface area contributed by atoms with E-state index in [0.717, 1.165) is 18.4 Å². The van der Waals surface area contributed by atoms with E-state index in [0.29, 0.717) is 12.3 Å². The lowest BCUT2D eigenvalue weighted by molar-refractivity contribution is 0.0982. The van der Waals surface area contributed by atoms with Crippen molar-refractivity contribution in [1.29, 1.82) is 0 Å².